The lowest BCUT2D eigenvalue weighted by atomic mass is 10.1. The lowest BCUT2D eigenvalue weighted by molar-refractivity contribution is -0.141. The summed E-state index contributed by atoms with van der Waals surface area (Å²) in [7, 11) is 0. The van der Waals surface area contributed by atoms with E-state index in [0.717, 1.165) is 6.42 Å². The molecule has 0 saturated carbocycles. The Bertz CT molecular complexity index is 457. The minimum Gasteiger partial charge on any atom is -0.491 e. The molecular formula is C14H19NO4. The Morgan fingerprint density at radius 1 is 1.26 bits per heavy atom. The molecule has 104 valence electrons. The van der Waals surface area contributed by atoms with Gasteiger partial charge in [0.25, 0.3) is 0 Å². The highest BCUT2D eigenvalue weighted by atomic mass is 16.5. The predicted octanol–water partition coefficient (Wildman–Crippen LogP) is 2.19. The predicted molar refractivity (Wildman–Crippen MR) is 72.2 cm³/mol. The molecular weight excluding hydrogens is 246 g/mol. The lowest BCUT2D eigenvalue weighted by Gasteiger charge is -2.09. The number of anilines is 1. The number of benzene rings is 1. The molecule has 0 saturated heterocycles. The first-order valence-corrected chi connectivity index (χ1v) is 6.29. The zero-order valence-corrected chi connectivity index (χ0v) is 11.3. The third-order valence-corrected chi connectivity index (χ3v) is 2.40. The van der Waals surface area contributed by atoms with E-state index in [-0.39, 0.29) is 18.8 Å². The number of rotatable bonds is 7. The van der Waals surface area contributed by atoms with Gasteiger partial charge in [-0.3, -0.25) is 9.59 Å². The van der Waals surface area contributed by atoms with E-state index in [1.54, 1.807) is 19.1 Å². The largest absolute Gasteiger partial charge is 0.491 e. The SMILES string of the molecule is CCCOc1ccc(C(=O)CC(=O)OCC)cc1N. The van der Waals surface area contributed by atoms with Crippen molar-refractivity contribution in [3.05, 3.63) is 23.8 Å². The van der Waals surface area contributed by atoms with Gasteiger partial charge < -0.3 is 15.2 Å². The molecule has 0 radical (unpaired) electrons. The maximum absolute atomic E-state index is 11.8. The summed E-state index contributed by atoms with van der Waals surface area (Å²) < 4.78 is 10.1. The van der Waals surface area contributed by atoms with Crippen molar-refractivity contribution < 1.29 is 19.1 Å². The summed E-state index contributed by atoms with van der Waals surface area (Å²) in [5.74, 6) is -0.292. The van der Waals surface area contributed by atoms with Crippen LogP contribution in [0.2, 0.25) is 0 Å². The second kappa shape index (κ2) is 7.41. The van der Waals surface area contributed by atoms with Crippen molar-refractivity contribution in [3.63, 3.8) is 0 Å². The van der Waals surface area contributed by atoms with Gasteiger partial charge in [-0.1, -0.05) is 6.92 Å². The summed E-state index contributed by atoms with van der Waals surface area (Å²) in [4.78, 5) is 23.0. The van der Waals surface area contributed by atoms with E-state index in [2.05, 4.69) is 0 Å². The molecule has 0 aliphatic heterocycles. The van der Waals surface area contributed by atoms with Crippen LogP contribution in [-0.2, 0) is 9.53 Å². The number of hydrogen-bond donors (Lipinski definition) is 1. The first-order chi connectivity index (χ1) is 9.08. The highest BCUT2D eigenvalue weighted by Crippen LogP contribution is 2.23. The van der Waals surface area contributed by atoms with Crippen molar-refractivity contribution in [2.24, 2.45) is 0 Å². The number of nitrogen functional groups attached to an aromatic ring is 1. The van der Waals surface area contributed by atoms with Gasteiger partial charge in [-0.05, 0) is 31.5 Å². The van der Waals surface area contributed by atoms with Gasteiger partial charge in [-0.15, -0.1) is 0 Å². The van der Waals surface area contributed by atoms with Crippen molar-refractivity contribution in [3.8, 4) is 5.75 Å². The number of nitrogens with two attached hydrogens (primary N) is 1. The fourth-order valence-electron chi connectivity index (χ4n) is 1.51. The van der Waals surface area contributed by atoms with Crippen LogP contribution < -0.4 is 10.5 Å². The molecule has 1 rings (SSSR count). The Kier molecular flexibility index (Phi) is 5.85. The topological polar surface area (TPSA) is 78.6 Å². The number of carbonyl (C=O) groups is 2. The van der Waals surface area contributed by atoms with Crippen molar-refractivity contribution in [2.45, 2.75) is 26.7 Å². The number of hydrogen-bond acceptors (Lipinski definition) is 5. The van der Waals surface area contributed by atoms with Gasteiger partial charge in [0.05, 0.1) is 18.9 Å². The van der Waals surface area contributed by atoms with Crippen LogP contribution in [0, 0.1) is 0 Å². The van der Waals surface area contributed by atoms with E-state index in [9.17, 15) is 9.59 Å². The smallest absolute Gasteiger partial charge is 0.313 e. The Morgan fingerprint density at radius 3 is 2.58 bits per heavy atom. The Morgan fingerprint density at radius 2 is 2.00 bits per heavy atom. The average Bonchev–Trinajstić information content (AvgIpc) is 2.37. The first-order valence-electron chi connectivity index (χ1n) is 6.29. The molecule has 1 aromatic carbocycles. The number of Topliss-reactive ketones (excluding diaryl/α,β-unsaturated/α-hetero) is 1. The standard InChI is InChI=1S/C14H19NO4/c1-3-7-19-13-6-5-10(8-11(13)15)12(16)9-14(17)18-4-2/h5-6,8H,3-4,7,9,15H2,1-2H3. The van der Waals surface area contributed by atoms with Crippen LogP contribution in [0.25, 0.3) is 0 Å². The highest BCUT2D eigenvalue weighted by molar-refractivity contribution is 6.06. The molecule has 0 unspecified atom stereocenters. The van der Waals surface area contributed by atoms with E-state index in [1.807, 2.05) is 6.92 Å². The molecule has 0 fully saturated rings. The highest BCUT2D eigenvalue weighted by Gasteiger charge is 2.14. The van der Waals surface area contributed by atoms with E-state index in [4.69, 9.17) is 15.2 Å². The van der Waals surface area contributed by atoms with Gasteiger partial charge in [0.1, 0.15) is 12.2 Å². The monoisotopic (exact) mass is 265 g/mol. The van der Waals surface area contributed by atoms with Gasteiger partial charge in [0, 0.05) is 5.56 Å². The van der Waals surface area contributed by atoms with Crippen molar-refractivity contribution in [1.82, 2.24) is 0 Å². The van der Waals surface area contributed by atoms with E-state index in [0.29, 0.717) is 23.6 Å². The van der Waals surface area contributed by atoms with Crippen LogP contribution in [-0.4, -0.2) is 25.0 Å². The number of ether oxygens (including phenoxy) is 2. The molecule has 5 nitrogen and oxygen atoms in total. The molecule has 19 heavy (non-hydrogen) atoms. The minimum atomic E-state index is -0.530. The maximum atomic E-state index is 11.8. The van der Waals surface area contributed by atoms with Crippen LogP contribution in [0.1, 0.15) is 37.0 Å². The average molecular weight is 265 g/mol. The molecule has 0 bridgehead atoms. The Balaban J connectivity index is 2.71. The summed E-state index contributed by atoms with van der Waals surface area (Å²) in [5.41, 5.74) is 6.57. The van der Waals surface area contributed by atoms with Gasteiger partial charge >= 0.3 is 5.97 Å². The zero-order chi connectivity index (χ0) is 14.3. The summed E-state index contributed by atoms with van der Waals surface area (Å²) in [5, 5.41) is 0. The van der Waals surface area contributed by atoms with Crippen LogP contribution in [0.3, 0.4) is 0 Å². The number of esters is 1. The van der Waals surface area contributed by atoms with Gasteiger partial charge in [0.15, 0.2) is 5.78 Å². The van der Waals surface area contributed by atoms with Crippen LogP contribution in [0.5, 0.6) is 5.75 Å². The molecule has 0 amide bonds. The molecule has 0 aromatic heterocycles. The first kappa shape index (κ1) is 15.0. The fraction of sp³-hybridized carbons (Fsp3) is 0.429. The lowest BCUT2D eigenvalue weighted by Crippen LogP contribution is -2.11. The van der Waals surface area contributed by atoms with Crippen LogP contribution in [0.15, 0.2) is 18.2 Å². The van der Waals surface area contributed by atoms with Crippen molar-refractivity contribution in [2.75, 3.05) is 18.9 Å². The molecule has 0 aliphatic rings. The molecule has 0 spiro atoms. The molecule has 0 aliphatic carbocycles. The van der Waals surface area contributed by atoms with Crippen LogP contribution >= 0.6 is 0 Å². The van der Waals surface area contributed by atoms with E-state index >= 15 is 0 Å². The van der Waals surface area contributed by atoms with Crippen molar-refractivity contribution >= 4 is 17.4 Å². The molecule has 2 N–H and O–H groups in total. The Hall–Kier alpha value is -2.04. The summed E-state index contributed by atoms with van der Waals surface area (Å²) >= 11 is 0. The third-order valence-electron chi connectivity index (χ3n) is 2.40. The second-order valence-electron chi connectivity index (χ2n) is 4.01. The summed E-state index contributed by atoms with van der Waals surface area (Å²) in [6, 6.07) is 4.76. The minimum absolute atomic E-state index is 0.262. The van der Waals surface area contributed by atoms with Crippen LogP contribution in [0.4, 0.5) is 5.69 Å². The van der Waals surface area contributed by atoms with Gasteiger partial charge in [-0.25, -0.2) is 0 Å². The van der Waals surface area contributed by atoms with Crippen molar-refractivity contribution in [1.29, 1.82) is 0 Å². The van der Waals surface area contributed by atoms with E-state index in [1.165, 1.54) is 6.07 Å². The summed E-state index contributed by atoms with van der Waals surface area (Å²) in [6.07, 6.45) is 0.603. The fourth-order valence-corrected chi connectivity index (χ4v) is 1.51. The summed E-state index contributed by atoms with van der Waals surface area (Å²) in [6.45, 7) is 4.52. The zero-order valence-electron chi connectivity index (χ0n) is 11.3. The second-order valence-corrected chi connectivity index (χ2v) is 4.01. The molecule has 0 atom stereocenters. The molecule has 5 heteroatoms. The maximum Gasteiger partial charge on any atom is 0.313 e. The molecule has 0 heterocycles. The third kappa shape index (κ3) is 4.62. The quantitative estimate of drug-likeness (QED) is 0.354. The molecule has 1 aromatic rings. The van der Waals surface area contributed by atoms with E-state index < -0.39 is 5.97 Å². The van der Waals surface area contributed by atoms with Gasteiger partial charge in [0.2, 0.25) is 0 Å². The normalized spacial score (nSPS) is 10.0. The Labute approximate surface area is 112 Å². The van der Waals surface area contributed by atoms with Gasteiger partial charge in [-0.2, -0.15) is 0 Å². The number of carbonyl (C=O) groups excluding carboxylic acids is 2. The number of ketones is 1.